The quantitative estimate of drug-likeness (QED) is 0.743. The van der Waals surface area contributed by atoms with Gasteiger partial charge in [-0.05, 0) is 19.9 Å². The maximum absolute atomic E-state index is 9.06. The van der Waals surface area contributed by atoms with Gasteiger partial charge in [0.25, 0.3) is 0 Å². The van der Waals surface area contributed by atoms with E-state index in [-0.39, 0.29) is 5.54 Å². The highest BCUT2D eigenvalue weighted by Crippen LogP contribution is 2.25. The van der Waals surface area contributed by atoms with Crippen LogP contribution in [0, 0.1) is 11.3 Å². The monoisotopic (exact) mass is 217 g/mol. The molecule has 1 aromatic rings. The molecule has 1 aliphatic heterocycles. The van der Waals surface area contributed by atoms with E-state index in [1.807, 2.05) is 0 Å². The van der Waals surface area contributed by atoms with Crippen molar-refractivity contribution in [1.29, 1.82) is 5.26 Å². The number of anilines is 1. The van der Waals surface area contributed by atoms with Crippen LogP contribution < -0.4 is 10.2 Å². The van der Waals surface area contributed by atoms with Crippen molar-refractivity contribution in [3.05, 3.63) is 17.8 Å². The zero-order chi connectivity index (χ0) is 11.6. The zero-order valence-electron chi connectivity index (χ0n) is 9.56. The lowest BCUT2D eigenvalue weighted by molar-refractivity contribution is 0.376. The van der Waals surface area contributed by atoms with Gasteiger partial charge in [0.15, 0.2) is 5.82 Å². The SMILES string of the molecule is CC1(C)CNCCN1c1nnccc1C#N. The summed E-state index contributed by atoms with van der Waals surface area (Å²) in [6.45, 7) is 6.91. The summed E-state index contributed by atoms with van der Waals surface area (Å²) in [5.41, 5.74) is 0.546. The summed E-state index contributed by atoms with van der Waals surface area (Å²) in [7, 11) is 0. The molecule has 84 valence electrons. The van der Waals surface area contributed by atoms with E-state index in [2.05, 4.69) is 40.3 Å². The Morgan fingerprint density at radius 3 is 3.06 bits per heavy atom. The fraction of sp³-hybridized carbons (Fsp3) is 0.545. The summed E-state index contributed by atoms with van der Waals surface area (Å²) >= 11 is 0. The Morgan fingerprint density at radius 2 is 2.38 bits per heavy atom. The number of nitriles is 1. The van der Waals surface area contributed by atoms with Gasteiger partial charge in [0.2, 0.25) is 0 Å². The minimum absolute atomic E-state index is 0.0418. The van der Waals surface area contributed by atoms with Crippen molar-refractivity contribution in [3.8, 4) is 6.07 Å². The lowest BCUT2D eigenvalue weighted by Gasteiger charge is -2.43. The van der Waals surface area contributed by atoms with E-state index in [4.69, 9.17) is 5.26 Å². The normalized spacial score (nSPS) is 19.2. The molecule has 0 atom stereocenters. The third kappa shape index (κ3) is 1.84. The summed E-state index contributed by atoms with van der Waals surface area (Å²) in [6.07, 6.45) is 1.55. The molecule has 0 saturated carbocycles. The molecule has 1 fully saturated rings. The van der Waals surface area contributed by atoms with Gasteiger partial charge in [-0.1, -0.05) is 0 Å². The average molecular weight is 217 g/mol. The molecule has 0 bridgehead atoms. The standard InChI is InChI=1S/C11H15N5/c1-11(2)8-13-5-6-16(11)10-9(7-12)3-4-14-15-10/h3-4,13H,5-6,8H2,1-2H3. The van der Waals surface area contributed by atoms with E-state index in [0.717, 1.165) is 19.6 Å². The van der Waals surface area contributed by atoms with Crippen LogP contribution in [-0.4, -0.2) is 35.4 Å². The molecule has 5 heteroatoms. The number of nitrogens with zero attached hydrogens (tertiary/aromatic N) is 4. The van der Waals surface area contributed by atoms with Gasteiger partial charge in [0.05, 0.1) is 11.8 Å². The number of hydrogen-bond acceptors (Lipinski definition) is 5. The van der Waals surface area contributed by atoms with Gasteiger partial charge in [0, 0.05) is 25.2 Å². The predicted octanol–water partition coefficient (Wildman–Crippen LogP) is 0.536. The fourth-order valence-electron chi connectivity index (χ4n) is 1.99. The van der Waals surface area contributed by atoms with E-state index in [1.165, 1.54) is 0 Å². The second-order valence-electron chi connectivity index (χ2n) is 4.52. The molecule has 1 aliphatic rings. The van der Waals surface area contributed by atoms with E-state index >= 15 is 0 Å². The molecule has 0 aliphatic carbocycles. The summed E-state index contributed by atoms with van der Waals surface area (Å²) in [5.74, 6) is 0.691. The van der Waals surface area contributed by atoms with Crippen LogP contribution in [0.15, 0.2) is 12.3 Å². The van der Waals surface area contributed by atoms with Crippen molar-refractivity contribution in [2.45, 2.75) is 19.4 Å². The van der Waals surface area contributed by atoms with Crippen molar-refractivity contribution in [1.82, 2.24) is 15.5 Å². The van der Waals surface area contributed by atoms with Gasteiger partial charge in [-0.3, -0.25) is 0 Å². The smallest absolute Gasteiger partial charge is 0.169 e. The van der Waals surface area contributed by atoms with Gasteiger partial charge in [-0.15, -0.1) is 5.10 Å². The Hall–Kier alpha value is -1.67. The van der Waals surface area contributed by atoms with E-state index in [1.54, 1.807) is 12.3 Å². The first-order valence-electron chi connectivity index (χ1n) is 5.35. The highest BCUT2D eigenvalue weighted by atomic mass is 15.3. The number of hydrogen-bond donors (Lipinski definition) is 1. The van der Waals surface area contributed by atoms with Gasteiger partial charge >= 0.3 is 0 Å². The summed E-state index contributed by atoms with van der Waals surface area (Å²) in [6, 6.07) is 3.87. The molecule has 1 aromatic heterocycles. The zero-order valence-corrected chi connectivity index (χ0v) is 9.56. The largest absolute Gasteiger partial charge is 0.346 e. The first kappa shape index (κ1) is 10.8. The highest BCUT2D eigenvalue weighted by molar-refractivity contribution is 5.54. The molecule has 0 radical (unpaired) electrons. The second kappa shape index (κ2) is 4.06. The Balaban J connectivity index is 2.39. The lowest BCUT2D eigenvalue weighted by atomic mass is 9.99. The molecule has 2 heterocycles. The van der Waals surface area contributed by atoms with Crippen molar-refractivity contribution in [3.63, 3.8) is 0 Å². The Labute approximate surface area is 95.1 Å². The second-order valence-corrected chi connectivity index (χ2v) is 4.52. The first-order valence-corrected chi connectivity index (χ1v) is 5.35. The van der Waals surface area contributed by atoms with Crippen LogP contribution in [0.3, 0.4) is 0 Å². The molecule has 1 saturated heterocycles. The Morgan fingerprint density at radius 1 is 1.56 bits per heavy atom. The molecule has 5 nitrogen and oxygen atoms in total. The topological polar surface area (TPSA) is 64.8 Å². The molecule has 0 aromatic carbocycles. The molecule has 1 N–H and O–H groups in total. The Kier molecular flexibility index (Phi) is 2.75. The molecule has 0 spiro atoms. The molecular weight excluding hydrogens is 202 g/mol. The highest BCUT2D eigenvalue weighted by Gasteiger charge is 2.32. The van der Waals surface area contributed by atoms with Gasteiger partial charge in [0.1, 0.15) is 6.07 Å². The lowest BCUT2D eigenvalue weighted by Crippen LogP contribution is -2.58. The van der Waals surface area contributed by atoms with Crippen LogP contribution in [-0.2, 0) is 0 Å². The van der Waals surface area contributed by atoms with E-state index < -0.39 is 0 Å². The Bertz CT molecular complexity index is 421. The van der Waals surface area contributed by atoms with Crippen molar-refractivity contribution in [2.75, 3.05) is 24.5 Å². The molecule has 0 unspecified atom stereocenters. The predicted molar refractivity (Wildman–Crippen MR) is 61.0 cm³/mol. The summed E-state index contributed by atoms with van der Waals surface area (Å²) in [4.78, 5) is 2.15. The van der Waals surface area contributed by atoms with E-state index in [9.17, 15) is 0 Å². The third-order valence-corrected chi connectivity index (χ3v) is 2.88. The fourth-order valence-corrected chi connectivity index (χ4v) is 1.99. The maximum atomic E-state index is 9.06. The number of piperazine rings is 1. The van der Waals surface area contributed by atoms with Crippen LogP contribution in [0.2, 0.25) is 0 Å². The van der Waals surface area contributed by atoms with Crippen LogP contribution in [0.1, 0.15) is 19.4 Å². The maximum Gasteiger partial charge on any atom is 0.169 e. The summed E-state index contributed by atoms with van der Waals surface area (Å²) in [5, 5.41) is 20.4. The average Bonchev–Trinajstić information content (AvgIpc) is 2.28. The van der Waals surface area contributed by atoms with Crippen molar-refractivity contribution in [2.24, 2.45) is 0 Å². The van der Waals surface area contributed by atoms with Gasteiger partial charge < -0.3 is 10.2 Å². The molecule has 0 amide bonds. The van der Waals surface area contributed by atoms with Crippen LogP contribution >= 0.6 is 0 Å². The van der Waals surface area contributed by atoms with Crippen LogP contribution in [0.4, 0.5) is 5.82 Å². The van der Waals surface area contributed by atoms with E-state index in [0.29, 0.717) is 11.4 Å². The first-order chi connectivity index (χ1) is 7.65. The minimum atomic E-state index is -0.0418. The summed E-state index contributed by atoms with van der Waals surface area (Å²) < 4.78 is 0. The minimum Gasteiger partial charge on any atom is -0.346 e. The molecule has 16 heavy (non-hydrogen) atoms. The molecular formula is C11H15N5. The number of nitrogens with one attached hydrogen (secondary N) is 1. The number of rotatable bonds is 1. The van der Waals surface area contributed by atoms with Gasteiger partial charge in [-0.2, -0.15) is 10.4 Å². The number of aromatic nitrogens is 2. The van der Waals surface area contributed by atoms with Crippen molar-refractivity contribution < 1.29 is 0 Å². The molecule has 2 rings (SSSR count). The van der Waals surface area contributed by atoms with Gasteiger partial charge in [-0.25, -0.2) is 0 Å². The van der Waals surface area contributed by atoms with Crippen LogP contribution in [0.5, 0.6) is 0 Å². The van der Waals surface area contributed by atoms with Crippen LogP contribution in [0.25, 0.3) is 0 Å². The third-order valence-electron chi connectivity index (χ3n) is 2.88. The van der Waals surface area contributed by atoms with Crippen molar-refractivity contribution >= 4 is 5.82 Å².